The van der Waals surface area contributed by atoms with Crippen molar-refractivity contribution in [3.8, 4) is 11.5 Å². The van der Waals surface area contributed by atoms with Crippen molar-refractivity contribution >= 4 is 5.91 Å². The lowest BCUT2D eigenvalue weighted by Gasteiger charge is -2.27. The van der Waals surface area contributed by atoms with E-state index in [4.69, 9.17) is 9.47 Å². The first kappa shape index (κ1) is 19.9. The minimum Gasteiger partial charge on any atom is -0.496 e. The molecule has 1 unspecified atom stereocenters. The maximum absolute atomic E-state index is 14.5. The largest absolute Gasteiger partial charge is 0.496 e. The van der Waals surface area contributed by atoms with Gasteiger partial charge >= 0.3 is 0 Å². The molecule has 2 fully saturated rings. The van der Waals surface area contributed by atoms with E-state index in [0.717, 1.165) is 45.1 Å². The van der Waals surface area contributed by atoms with Crippen LogP contribution in [0.5, 0.6) is 11.5 Å². The molecule has 1 aliphatic heterocycles. The molecule has 2 aliphatic rings. The number of rotatable bonds is 7. The number of halogens is 2. The van der Waals surface area contributed by atoms with Gasteiger partial charge in [0.25, 0.3) is 0 Å². The normalized spacial score (nSPS) is 25.2. The van der Waals surface area contributed by atoms with E-state index in [0.29, 0.717) is 11.3 Å². The molecule has 1 atom stereocenters. The molecule has 2 N–H and O–H groups in total. The Balaban J connectivity index is 1.61. The van der Waals surface area contributed by atoms with E-state index >= 15 is 0 Å². The van der Waals surface area contributed by atoms with Crippen LogP contribution in [0.25, 0.3) is 0 Å². The lowest BCUT2D eigenvalue weighted by atomic mass is 9.88. The number of hydrogen-bond donors (Lipinski definition) is 2. The lowest BCUT2D eigenvalue weighted by molar-refractivity contribution is -0.122. The van der Waals surface area contributed by atoms with E-state index in [2.05, 4.69) is 10.6 Å². The number of nitrogens with one attached hydrogen (secondary N) is 2. The van der Waals surface area contributed by atoms with Crippen molar-refractivity contribution < 1.29 is 23.0 Å². The van der Waals surface area contributed by atoms with Gasteiger partial charge in [0.2, 0.25) is 5.91 Å². The Morgan fingerprint density at radius 2 is 2.00 bits per heavy atom. The molecule has 1 aliphatic carbocycles. The summed E-state index contributed by atoms with van der Waals surface area (Å²) >= 11 is 0. The van der Waals surface area contributed by atoms with E-state index in [1.807, 2.05) is 0 Å². The van der Waals surface area contributed by atoms with E-state index < -0.39 is 5.82 Å². The van der Waals surface area contributed by atoms with Gasteiger partial charge in [-0.1, -0.05) is 0 Å². The summed E-state index contributed by atoms with van der Waals surface area (Å²) in [5.74, 6) is 0.155. The molecule has 1 heterocycles. The van der Waals surface area contributed by atoms with Crippen LogP contribution >= 0.6 is 0 Å². The van der Waals surface area contributed by atoms with Crippen molar-refractivity contribution in [3.05, 3.63) is 23.5 Å². The molecule has 5 nitrogen and oxygen atoms in total. The number of alkyl halides is 1. The Morgan fingerprint density at radius 1 is 1.22 bits per heavy atom. The van der Waals surface area contributed by atoms with Crippen LogP contribution in [0.1, 0.15) is 44.1 Å². The van der Waals surface area contributed by atoms with Gasteiger partial charge in [-0.05, 0) is 57.1 Å². The summed E-state index contributed by atoms with van der Waals surface area (Å²) in [6, 6.07) is 2.71. The molecule has 1 saturated heterocycles. The van der Waals surface area contributed by atoms with Gasteiger partial charge in [-0.3, -0.25) is 9.18 Å². The average Bonchev–Trinajstić information content (AvgIpc) is 3.23. The number of ether oxygens (including phenoxy) is 2. The summed E-state index contributed by atoms with van der Waals surface area (Å²) in [6.07, 6.45) is 4.67. The second-order valence-corrected chi connectivity index (χ2v) is 7.38. The fourth-order valence-corrected chi connectivity index (χ4v) is 3.79. The third-order valence-corrected chi connectivity index (χ3v) is 5.47. The van der Waals surface area contributed by atoms with Crippen LogP contribution in [0.4, 0.5) is 8.78 Å². The number of benzene rings is 1. The first-order valence-electron chi connectivity index (χ1n) is 9.70. The molecule has 150 valence electrons. The standard InChI is InChI=1S/C20H28F2N2O3/c1-26-18-10-19(27-15-6-4-13(11-21)5-7-15)16(22)9-14(18)12-24-20(25)17-3-2-8-23-17/h9-10,13,15,17,23H,2-8,11-12H2,1H3,(H,24,25). The molecule has 0 bridgehead atoms. The van der Waals surface area contributed by atoms with Crippen LogP contribution in [0.3, 0.4) is 0 Å². The zero-order valence-electron chi connectivity index (χ0n) is 15.7. The Bertz CT molecular complexity index is 642. The van der Waals surface area contributed by atoms with Crippen molar-refractivity contribution in [1.82, 2.24) is 10.6 Å². The van der Waals surface area contributed by atoms with Gasteiger partial charge in [0, 0.05) is 18.2 Å². The topological polar surface area (TPSA) is 59.6 Å². The van der Waals surface area contributed by atoms with Gasteiger partial charge in [-0.15, -0.1) is 0 Å². The Labute approximate surface area is 158 Å². The zero-order valence-corrected chi connectivity index (χ0v) is 15.7. The fourth-order valence-electron chi connectivity index (χ4n) is 3.79. The maximum atomic E-state index is 14.5. The lowest BCUT2D eigenvalue weighted by Crippen LogP contribution is -2.40. The van der Waals surface area contributed by atoms with Crippen molar-refractivity contribution in [2.24, 2.45) is 5.92 Å². The maximum Gasteiger partial charge on any atom is 0.237 e. The third-order valence-electron chi connectivity index (χ3n) is 5.47. The second-order valence-electron chi connectivity index (χ2n) is 7.38. The Kier molecular flexibility index (Phi) is 6.88. The number of hydrogen-bond acceptors (Lipinski definition) is 4. The SMILES string of the molecule is COc1cc(OC2CCC(CF)CC2)c(F)cc1CNC(=O)C1CCCN1. The highest BCUT2D eigenvalue weighted by Crippen LogP contribution is 2.32. The predicted octanol–water partition coefficient (Wildman–Crippen LogP) is 3.11. The minimum atomic E-state index is -0.480. The Morgan fingerprint density at radius 3 is 2.63 bits per heavy atom. The van der Waals surface area contributed by atoms with Crippen LogP contribution in [0, 0.1) is 11.7 Å². The smallest absolute Gasteiger partial charge is 0.237 e. The van der Waals surface area contributed by atoms with E-state index in [1.54, 1.807) is 0 Å². The average molecular weight is 382 g/mol. The summed E-state index contributed by atoms with van der Waals surface area (Å²) in [7, 11) is 1.51. The molecule has 1 saturated carbocycles. The number of methoxy groups -OCH3 is 1. The molecule has 0 aromatic heterocycles. The summed E-state index contributed by atoms with van der Waals surface area (Å²) < 4.78 is 38.4. The highest BCUT2D eigenvalue weighted by Gasteiger charge is 2.25. The van der Waals surface area contributed by atoms with Crippen molar-refractivity contribution in [2.75, 3.05) is 20.3 Å². The quantitative estimate of drug-likeness (QED) is 0.761. The van der Waals surface area contributed by atoms with E-state index in [9.17, 15) is 13.6 Å². The van der Waals surface area contributed by atoms with Gasteiger partial charge < -0.3 is 20.1 Å². The first-order chi connectivity index (χ1) is 13.1. The second kappa shape index (κ2) is 9.35. The van der Waals surface area contributed by atoms with E-state index in [1.165, 1.54) is 19.2 Å². The molecule has 0 spiro atoms. The van der Waals surface area contributed by atoms with Crippen molar-refractivity contribution in [2.45, 2.75) is 57.2 Å². The Hall–Kier alpha value is -1.89. The molecule has 1 aromatic rings. The third kappa shape index (κ3) is 5.09. The van der Waals surface area contributed by atoms with Gasteiger partial charge in [-0.25, -0.2) is 4.39 Å². The highest BCUT2D eigenvalue weighted by molar-refractivity contribution is 5.82. The summed E-state index contributed by atoms with van der Waals surface area (Å²) in [5, 5.41) is 5.96. The van der Waals surface area contributed by atoms with Gasteiger partial charge in [-0.2, -0.15) is 0 Å². The van der Waals surface area contributed by atoms with Crippen molar-refractivity contribution in [1.29, 1.82) is 0 Å². The zero-order chi connectivity index (χ0) is 19.2. The molecule has 27 heavy (non-hydrogen) atoms. The summed E-state index contributed by atoms with van der Waals surface area (Å²) in [6.45, 7) is 0.736. The van der Waals surface area contributed by atoms with Crippen LogP contribution in [0.2, 0.25) is 0 Å². The molecular formula is C20H28F2N2O3. The van der Waals surface area contributed by atoms with Crippen molar-refractivity contribution in [3.63, 3.8) is 0 Å². The number of carbonyl (C=O) groups excluding carboxylic acids is 1. The van der Waals surface area contributed by atoms with E-state index in [-0.39, 0.29) is 42.9 Å². The number of carbonyl (C=O) groups is 1. The summed E-state index contributed by atoms with van der Waals surface area (Å²) in [5.41, 5.74) is 0.565. The van der Waals surface area contributed by atoms with Crippen LogP contribution < -0.4 is 20.1 Å². The van der Waals surface area contributed by atoms with Crippen LogP contribution in [-0.4, -0.2) is 38.4 Å². The van der Waals surface area contributed by atoms with Gasteiger partial charge in [0.15, 0.2) is 11.6 Å². The molecule has 7 heteroatoms. The molecule has 1 aromatic carbocycles. The fraction of sp³-hybridized carbons (Fsp3) is 0.650. The molecular weight excluding hydrogens is 354 g/mol. The summed E-state index contributed by atoms with van der Waals surface area (Å²) in [4.78, 5) is 12.1. The molecule has 0 radical (unpaired) electrons. The predicted molar refractivity (Wildman–Crippen MR) is 98.2 cm³/mol. The van der Waals surface area contributed by atoms with Gasteiger partial charge in [0.1, 0.15) is 5.75 Å². The minimum absolute atomic E-state index is 0.0834. The first-order valence-corrected chi connectivity index (χ1v) is 9.70. The number of amides is 1. The van der Waals surface area contributed by atoms with Crippen LogP contribution in [0.15, 0.2) is 12.1 Å². The highest BCUT2D eigenvalue weighted by atomic mass is 19.1. The molecule has 1 amide bonds. The van der Waals surface area contributed by atoms with Gasteiger partial charge in [0.05, 0.1) is 25.9 Å². The molecule has 3 rings (SSSR count). The van der Waals surface area contributed by atoms with Crippen LogP contribution in [-0.2, 0) is 11.3 Å². The monoisotopic (exact) mass is 382 g/mol.